The summed E-state index contributed by atoms with van der Waals surface area (Å²) in [5.41, 5.74) is 0. The van der Waals surface area contributed by atoms with Crippen molar-refractivity contribution in [3.63, 3.8) is 0 Å². The van der Waals surface area contributed by atoms with E-state index in [1.165, 1.54) is 0 Å². The van der Waals surface area contributed by atoms with E-state index in [9.17, 15) is 9.59 Å². The first-order valence-corrected chi connectivity index (χ1v) is 5.08. The number of rotatable bonds is 1. The Morgan fingerprint density at radius 2 is 1.80 bits per heavy atom. The summed E-state index contributed by atoms with van der Waals surface area (Å²) in [6, 6.07) is 1.30. The smallest absolute Gasteiger partial charge is 0.234 e. The molecule has 4 nitrogen and oxygen atoms in total. The second-order valence-electron chi connectivity index (χ2n) is 4.01. The fourth-order valence-corrected chi connectivity index (χ4v) is 2.27. The molecule has 0 saturated carbocycles. The number of nitrogens with zero attached hydrogens (tertiary/aromatic N) is 2. The third kappa shape index (κ3) is 1.35. The second-order valence-corrected chi connectivity index (χ2v) is 4.01. The van der Waals surface area contributed by atoms with Gasteiger partial charge in [0.05, 0.1) is 17.9 Å². The van der Waals surface area contributed by atoms with Gasteiger partial charge in [0.1, 0.15) is 6.04 Å². The average molecular weight is 204 g/mol. The number of likely N-dealkylation sites (tertiary alicyclic amines) is 1. The summed E-state index contributed by atoms with van der Waals surface area (Å²) in [6.07, 6.45) is 5.13. The van der Waals surface area contributed by atoms with Gasteiger partial charge >= 0.3 is 0 Å². The van der Waals surface area contributed by atoms with E-state index in [1.54, 1.807) is 6.92 Å². The Balaban J connectivity index is 2.29. The maximum atomic E-state index is 11.9. The number of nitriles is 1. The quantitative estimate of drug-likeness (QED) is 0.470. The summed E-state index contributed by atoms with van der Waals surface area (Å²) in [5, 5.41) is 8.75. The third-order valence-electron chi connectivity index (χ3n) is 3.12. The molecule has 4 heteroatoms. The van der Waals surface area contributed by atoms with Crippen molar-refractivity contribution in [1.82, 2.24) is 4.90 Å². The highest BCUT2D eigenvalue weighted by Crippen LogP contribution is 2.35. The fourth-order valence-electron chi connectivity index (χ4n) is 2.27. The van der Waals surface area contributed by atoms with E-state index in [1.807, 2.05) is 18.2 Å². The van der Waals surface area contributed by atoms with E-state index in [-0.39, 0.29) is 23.7 Å². The minimum atomic E-state index is -0.643. The largest absolute Gasteiger partial charge is 0.274 e. The van der Waals surface area contributed by atoms with Crippen molar-refractivity contribution in [2.45, 2.75) is 25.8 Å². The Hall–Kier alpha value is -1.63. The van der Waals surface area contributed by atoms with Gasteiger partial charge < -0.3 is 0 Å². The summed E-state index contributed by atoms with van der Waals surface area (Å²) in [5.74, 6) is -0.802. The van der Waals surface area contributed by atoms with Crippen LogP contribution in [0.2, 0.25) is 0 Å². The predicted octanol–water partition coefficient (Wildman–Crippen LogP) is 0.850. The van der Waals surface area contributed by atoms with Gasteiger partial charge in [-0.2, -0.15) is 5.26 Å². The molecule has 15 heavy (non-hydrogen) atoms. The molecule has 3 unspecified atom stereocenters. The Morgan fingerprint density at radius 1 is 1.33 bits per heavy atom. The van der Waals surface area contributed by atoms with Crippen LogP contribution in [0.3, 0.4) is 0 Å². The highest BCUT2D eigenvalue weighted by atomic mass is 16.2. The van der Waals surface area contributed by atoms with Gasteiger partial charge in [-0.1, -0.05) is 12.2 Å². The summed E-state index contributed by atoms with van der Waals surface area (Å²) in [7, 11) is 0. The van der Waals surface area contributed by atoms with Crippen LogP contribution in [-0.2, 0) is 9.59 Å². The SMILES string of the molecule is CC(C#N)N1C(=O)C2CC=CCC2C1=O. The minimum absolute atomic E-state index is 0.177. The van der Waals surface area contributed by atoms with Crippen LogP contribution >= 0.6 is 0 Å². The number of carbonyl (C=O) groups is 2. The zero-order chi connectivity index (χ0) is 11.0. The Kier molecular flexibility index (Phi) is 2.31. The van der Waals surface area contributed by atoms with Gasteiger partial charge in [-0.05, 0) is 19.8 Å². The molecule has 1 heterocycles. The first-order chi connectivity index (χ1) is 7.16. The summed E-state index contributed by atoms with van der Waals surface area (Å²) in [4.78, 5) is 24.9. The lowest BCUT2D eigenvalue weighted by Gasteiger charge is -2.16. The monoisotopic (exact) mass is 204 g/mol. The van der Waals surface area contributed by atoms with Crippen LogP contribution in [-0.4, -0.2) is 22.8 Å². The van der Waals surface area contributed by atoms with Crippen molar-refractivity contribution in [2.75, 3.05) is 0 Å². The maximum absolute atomic E-state index is 11.9. The van der Waals surface area contributed by atoms with E-state index in [4.69, 9.17) is 5.26 Å². The topological polar surface area (TPSA) is 61.2 Å². The van der Waals surface area contributed by atoms with Crippen LogP contribution < -0.4 is 0 Å². The van der Waals surface area contributed by atoms with Crippen LogP contribution in [0.25, 0.3) is 0 Å². The Morgan fingerprint density at radius 3 is 2.20 bits per heavy atom. The zero-order valence-corrected chi connectivity index (χ0v) is 8.51. The second kappa shape index (κ2) is 3.50. The van der Waals surface area contributed by atoms with Gasteiger partial charge in [-0.3, -0.25) is 14.5 Å². The molecule has 1 saturated heterocycles. The molecule has 2 amide bonds. The molecule has 3 atom stereocenters. The molecule has 0 aromatic carbocycles. The van der Waals surface area contributed by atoms with Crippen LogP contribution in [0.15, 0.2) is 12.2 Å². The van der Waals surface area contributed by atoms with Crippen molar-refractivity contribution >= 4 is 11.8 Å². The van der Waals surface area contributed by atoms with Gasteiger partial charge in [0.2, 0.25) is 11.8 Å². The average Bonchev–Trinajstić information content (AvgIpc) is 2.52. The minimum Gasteiger partial charge on any atom is -0.274 e. The van der Waals surface area contributed by atoms with Crippen molar-refractivity contribution in [1.29, 1.82) is 5.26 Å². The number of amides is 2. The van der Waals surface area contributed by atoms with Crippen molar-refractivity contribution in [3.8, 4) is 6.07 Å². The van der Waals surface area contributed by atoms with Gasteiger partial charge in [-0.15, -0.1) is 0 Å². The summed E-state index contributed by atoms with van der Waals surface area (Å²) < 4.78 is 0. The van der Waals surface area contributed by atoms with E-state index >= 15 is 0 Å². The molecule has 0 aromatic rings. The van der Waals surface area contributed by atoms with E-state index < -0.39 is 6.04 Å². The third-order valence-corrected chi connectivity index (χ3v) is 3.12. The molecule has 0 aromatic heterocycles. The first kappa shape index (κ1) is 9.91. The number of imide groups is 1. The van der Waals surface area contributed by atoms with Gasteiger partial charge in [0.15, 0.2) is 0 Å². The van der Waals surface area contributed by atoms with E-state index in [0.29, 0.717) is 12.8 Å². The molecule has 1 fully saturated rings. The Labute approximate surface area is 88.2 Å². The molecule has 78 valence electrons. The van der Waals surface area contributed by atoms with Crippen LogP contribution in [0.4, 0.5) is 0 Å². The van der Waals surface area contributed by atoms with Crippen LogP contribution in [0.1, 0.15) is 19.8 Å². The lowest BCUT2D eigenvalue weighted by molar-refractivity contribution is -0.141. The molecule has 1 aliphatic heterocycles. The predicted molar refractivity (Wildman–Crippen MR) is 52.3 cm³/mol. The van der Waals surface area contributed by atoms with E-state index in [0.717, 1.165) is 4.90 Å². The highest BCUT2D eigenvalue weighted by Gasteiger charge is 2.48. The van der Waals surface area contributed by atoms with Gasteiger partial charge in [0.25, 0.3) is 0 Å². The molecule has 0 radical (unpaired) electrons. The number of allylic oxidation sites excluding steroid dienone is 2. The Bertz CT molecular complexity index is 355. The number of hydrogen-bond donors (Lipinski definition) is 0. The lowest BCUT2D eigenvalue weighted by atomic mass is 9.85. The van der Waals surface area contributed by atoms with Crippen LogP contribution in [0.5, 0.6) is 0 Å². The van der Waals surface area contributed by atoms with Gasteiger partial charge in [-0.25, -0.2) is 0 Å². The number of hydrogen-bond acceptors (Lipinski definition) is 3. The molecule has 0 spiro atoms. The first-order valence-electron chi connectivity index (χ1n) is 5.08. The van der Waals surface area contributed by atoms with Crippen molar-refractivity contribution in [3.05, 3.63) is 12.2 Å². The summed E-state index contributed by atoms with van der Waals surface area (Å²) >= 11 is 0. The maximum Gasteiger partial charge on any atom is 0.234 e. The molecule has 2 aliphatic rings. The molecule has 0 bridgehead atoms. The van der Waals surface area contributed by atoms with Crippen molar-refractivity contribution < 1.29 is 9.59 Å². The van der Waals surface area contributed by atoms with Crippen molar-refractivity contribution in [2.24, 2.45) is 11.8 Å². The number of fused-ring (bicyclic) bond motifs is 1. The lowest BCUT2D eigenvalue weighted by Crippen LogP contribution is -2.38. The summed E-state index contributed by atoms with van der Waals surface area (Å²) in [6.45, 7) is 1.58. The standard InChI is InChI=1S/C11H12N2O2/c1-7(6-12)13-10(14)8-4-2-3-5-9(8)11(13)15/h2-3,7-9H,4-5H2,1H3. The normalized spacial score (nSPS) is 31.3. The van der Waals surface area contributed by atoms with E-state index in [2.05, 4.69) is 0 Å². The molecule has 1 aliphatic carbocycles. The van der Waals surface area contributed by atoms with Crippen LogP contribution in [0, 0.1) is 23.2 Å². The molecular formula is C11H12N2O2. The zero-order valence-electron chi connectivity index (χ0n) is 8.51. The highest BCUT2D eigenvalue weighted by molar-refractivity contribution is 6.06. The van der Waals surface area contributed by atoms with Gasteiger partial charge in [0, 0.05) is 0 Å². The fraction of sp³-hybridized carbons (Fsp3) is 0.545. The molecular weight excluding hydrogens is 192 g/mol. The molecule has 2 rings (SSSR count). The molecule has 0 N–H and O–H groups in total. The number of carbonyl (C=O) groups excluding carboxylic acids is 2.